The fourth-order valence-electron chi connectivity index (χ4n) is 3.29. The number of nitrogens with one attached hydrogen (secondary N) is 2. The Morgan fingerprint density at radius 1 is 0.909 bits per heavy atom. The van der Waals surface area contributed by atoms with Crippen LogP contribution in [0.4, 0.5) is 5.13 Å². The predicted molar refractivity (Wildman–Crippen MR) is 128 cm³/mol. The van der Waals surface area contributed by atoms with Crippen molar-refractivity contribution in [2.75, 3.05) is 12.4 Å². The molecule has 0 aliphatic heterocycles. The first-order valence-electron chi connectivity index (χ1n) is 10.3. The van der Waals surface area contributed by atoms with Crippen LogP contribution < -0.4 is 15.4 Å². The molecule has 166 valence electrons. The van der Waals surface area contributed by atoms with Crippen LogP contribution in [0.25, 0.3) is 10.6 Å². The molecule has 1 heterocycles. The molecular formula is C25H22N4O3S. The Labute approximate surface area is 195 Å². The van der Waals surface area contributed by atoms with Crippen LogP contribution in [0.1, 0.15) is 15.9 Å². The van der Waals surface area contributed by atoms with E-state index in [1.807, 2.05) is 60.7 Å². The first-order chi connectivity index (χ1) is 16.1. The molecule has 0 fully saturated rings. The molecule has 0 bridgehead atoms. The van der Waals surface area contributed by atoms with Crippen molar-refractivity contribution in [3.05, 3.63) is 96.1 Å². The normalized spacial score (nSPS) is 11.4. The summed E-state index contributed by atoms with van der Waals surface area (Å²) in [6.45, 7) is 0. The van der Waals surface area contributed by atoms with Gasteiger partial charge in [-0.2, -0.15) is 0 Å². The molecule has 0 saturated carbocycles. The van der Waals surface area contributed by atoms with Gasteiger partial charge in [-0.1, -0.05) is 84.1 Å². The molecule has 2 amide bonds. The van der Waals surface area contributed by atoms with E-state index in [4.69, 9.17) is 4.74 Å². The van der Waals surface area contributed by atoms with Gasteiger partial charge in [-0.3, -0.25) is 14.9 Å². The quantitative estimate of drug-likeness (QED) is 0.413. The van der Waals surface area contributed by atoms with Crippen LogP contribution in [0.3, 0.4) is 0 Å². The number of nitrogens with zero attached hydrogens (tertiary/aromatic N) is 2. The molecule has 7 nitrogen and oxygen atoms in total. The van der Waals surface area contributed by atoms with Crippen molar-refractivity contribution in [3.63, 3.8) is 0 Å². The van der Waals surface area contributed by atoms with E-state index in [0.717, 1.165) is 11.1 Å². The topological polar surface area (TPSA) is 93.2 Å². The smallest absolute Gasteiger partial charge is 0.255 e. The average Bonchev–Trinajstić information content (AvgIpc) is 3.33. The molecule has 0 aliphatic carbocycles. The highest BCUT2D eigenvalue weighted by Gasteiger charge is 2.24. The summed E-state index contributed by atoms with van der Waals surface area (Å²) in [6, 6.07) is 25.2. The van der Waals surface area contributed by atoms with Crippen molar-refractivity contribution in [3.8, 4) is 16.3 Å². The second kappa shape index (κ2) is 10.5. The summed E-state index contributed by atoms with van der Waals surface area (Å²) in [5, 5.41) is 15.0. The molecule has 33 heavy (non-hydrogen) atoms. The molecule has 3 aromatic carbocycles. The number of amides is 2. The maximum atomic E-state index is 13.2. The fourth-order valence-corrected chi connectivity index (χ4v) is 4.04. The number of ether oxygens (including phenoxy) is 1. The summed E-state index contributed by atoms with van der Waals surface area (Å²) in [4.78, 5) is 26.1. The summed E-state index contributed by atoms with van der Waals surface area (Å²) in [5.74, 6) is -0.339. The van der Waals surface area contributed by atoms with Gasteiger partial charge in [-0.25, -0.2) is 0 Å². The lowest BCUT2D eigenvalue weighted by Gasteiger charge is -2.18. The highest BCUT2D eigenvalue weighted by Crippen LogP contribution is 2.26. The van der Waals surface area contributed by atoms with E-state index in [0.29, 0.717) is 27.9 Å². The Balaban J connectivity index is 1.53. The molecule has 0 aliphatic rings. The van der Waals surface area contributed by atoms with Gasteiger partial charge < -0.3 is 10.1 Å². The van der Waals surface area contributed by atoms with E-state index in [9.17, 15) is 9.59 Å². The van der Waals surface area contributed by atoms with E-state index < -0.39 is 11.9 Å². The van der Waals surface area contributed by atoms with Crippen LogP contribution in [0.2, 0.25) is 0 Å². The molecule has 1 atom stereocenters. The highest BCUT2D eigenvalue weighted by molar-refractivity contribution is 7.18. The van der Waals surface area contributed by atoms with Crippen LogP contribution in [0, 0.1) is 0 Å². The lowest BCUT2D eigenvalue weighted by atomic mass is 10.0. The zero-order valence-electron chi connectivity index (χ0n) is 17.9. The summed E-state index contributed by atoms with van der Waals surface area (Å²) in [7, 11) is 1.50. The molecule has 1 unspecified atom stereocenters. The SMILES string of the molecule is COc1ccccc1C(=O)NC(Cc1ccccc1)C(=O)Nc1nnc(-c2ccccc2)s1. The van der Waals surface area contributed by atoms with Crippen LogP contribution >= 0.6 is 11.3 Å². The minimum Gasteiger partial charge on any atom is -0.496 e. The van der Waals surface area contributed by atoms with Crippen LogP contribution in [0.5, 0.6) is 5.75 Å². The fraction of sp³-hybridized carbons (Fsp3) is 0.120. The number of benzene rings is 3. The van der Waals surface area contributed by atoms with E-state index in [1.165, 1.54) is 18.4 Å². The zero-order valence-corrected chi connectivity index (χ0v) is 18.7. The third kappa shape index (κ3) is 5.61. The third-order valence-electron chi connectivity index (χ3n) is 4.93. The predicted octanol–water partition coefficient (Wildman–Crippen LogP) is 4.19. The van der Waals surface area contributed by atoms with E-state index in [2.05, 4.69) is 20.8 Å². The number of aromatic nitrogens is 2. The lowest BCUT2D eigenvalue weighted by Crippen LogP contribution is -2.45. The third-order valence-corrected chi connectivity index (χ3v) is 5.82. The van der Waals surface area contributed by atoms with Gasteiger partial charge in [0, 0.05) is 12.0 Å². The molecule has 0 saturated heterocycles. The number of hydrogen-bond acceptors (Lipinski definition) is 6. The van der Waals surface area contributed by atoms with Gasteiger partial charge in [0.1, 0.15) is 16.8 Å². The maximum absolute atomic E-state index is 13.2. The number of anilines is 1. The van der Waals surface area contributed by atoms with Crippen LogP contribution in [-0.2, 0) is 11.2 Å². The van der Waals surface area contributed by atoms with Crippen molar-refractivity contribution in [2.45, 2.75) is 12.5 Å². The molecule has 0 radical (unpaired) electrons. The number of rotatable bonds is 8. The minimum absolute atomic E-state index is 0.317. The Morgan fingerprint density at radius 2 is 1.58 bits per heavy atom. The Morgan fingerprint density at radius 3 is 2.30 bits per heavy atom. The molecule has 8 heteroatoms. The van der Waals surface area contributed by atoms with Gasteiger partial charge in [0.15, 0.2) is 0 Å². The standard InChI is InChI=1S/C25H22N4O3S/c1-32-21-15-9-8-14-19(21)22(30)26-20(16-17-10-4-2-5-11-17)23(31)27-25-29-28-24(33-25)18-12-6-3-7-13-18/h2-15,20H,16H2,1H3,(H,26,30)(H,27,29,31). The number of para-hydroxylation sites is 1. The summed E-state index contributed by atoms with van der Waals surface area (Å²) in [5.41, 5.74) is 2.19. The van der Waals surface area contributed by atoms with Crippen molar-refractivity contribution in [1.29, 1.82) is 0 Å². The largest absolute Gasteiger partial charge is 0.496 e. The summed E-state index contributed by atoms with van der Waals surface area (Å²) < 4.78 is 5.29. The van der Waals surface area contributed by atoms with Crippen molar-refractivity contribution < 1.29 is 14.3 Å². The Bertz CT molecular complexity index is 1230. The van der Waals surface area contributed by atoms with Gasteiger partial charge in [-0.05, 0) is 17.7 Å². The number of methoxy groups -OCH3 is 1. The maximum Gasteiger partial charge on any atom is 0.255 e. The molecule has 4 aromatic rings. The number of carbonyl (C=O) groups is 2. The number of carbonyl (C=O) groups excluding carboxylic acids is 2. The first kappa shape index (κ1) is 22.2. The van der Waals surface area contributed by atoms with Gasteiger partial charge >= 0.3 is 0 Å². The molecule has 2 N–H and O–H groups in total. The Hall–Kier alpha value is -4.04. The molecule has 0 spiro atoms. The average molecular weight is 459 g/mol. The van der Waals surface area contributed by atoms with E-state index >= 15 is 0 Å². The van der Waals surface area contributed by atoms with Gasteiger partial charge in [0.05, 0.1) is 12.7 Å². The van der Waals surface area contributed by atoms with E-state index in [-0.39, 0.29) is 5.91 Å². The van der Waals surface area contributed by atoms with Crippen molar-refractivity contribution in [1.82, 2.24) is 15.5 Å². The molecule has 1 aromatic heterocycles. The van der Waals surface area contributed by atoms with Gasteiger partial charge in [0.25, 0.3) is 5.91 Å². The summed E-state index contributed by atoms with van der Waals surface area (Å²) >= 11 is 1.27. The molecular weight excluding hydrogens is 436 g/mol. The van der Waals surface area contributed by atoms with Gasteiger partial charge in [-0.15, -0.1) is 10.2 Å². The summed E-state index contributed by atoms with van der Waals surface area (Å²) in [6.07, 6.45) is 0.317. The van der Waals surface area contributed by atoms with E-state index in [1.54, 1.807) is 24.3 Å². The van der Waals surface area contributed by atoms with Gasteiger partial charge in [0.2, 0.25) is 11.0 Å². The molecule has 4 rings (SSSR count). The lowest BCUT2D eigenvalue weighted by molar-refractivity contribution is -0.118. The van der Waals surface area contributed by atoms with Crippen LogP contribution in [0.15, 0.2) is 84.9 Å². The second-order valence-corrected chi connectivity index (χ2v) is 8.16. The first-order valence-corrected chi connectivity index (χ1v) is 11.1. The highest BCUT2D eigenvalue weighted by atomic mass is 32.1. The number of hydrogen-bond donors (Lipinski definition) is 2. The second-order valence-electron chi connectivity index (χ2n) is 7.18. The Kier molecular flexibility index (Phi) is 7.06. The zero-order chi connectivity index (χ0) is 23.0. The van der Waals surface area contributed by atoms with Crippen molar-refractivity contribution >= 4 is 28.3 Å². The van der Waals surface area contributed by atoms with Crippen molar-refractivity contribution in [2.24, 2.45) is 0 Å². The minimum atomic E-state index is -0.825. The van der Waals surface area contributed by atoms with Crippen LogP contribution in [-0.4, -0.2) is 35.2 Å². The monoisotopic (exact) mass is 458 g/mol.